The van der Waals surface area contributed by atoms with Gasteiger partial charge in [-0.2, -0.15) is 5.26 Å². The standard InChI is InChI=1S/C13H24N2/c1-5-11(10-14)15(4)12-6-8-13(2,3)9-7-12/h11-12H,5-9H2,1-4H3. The highest BCUT2D eigenvalue weighted by molar-refractivity contribution is 4.94. The van der Waals surface area contributed by atoms with Crippen molar-refractivity contribution in [2.24, 2.45) is 5.41 Å². The van der Waals surface area contributed by atoms with E-state index in [1.165, 1.54) is 25.7 Å². The molecule has 0 amide bonds. The minimum Gasteiger partial charge on any atom is -0.288 e. The van der Waals surface area contributed by atoms with Crippen LogP contribution < -0.4 is 0 Å². The Bertz CT molecular complexity index is 229. The lowest BCUT2D eigenvalue weighted by molar-refractivity contribution is 0.110. The molecule has 1 unspecified atom stereocenters. The van der Waals surface area contributed by atoms with Crippen LogP contribution in [0.25, 0.3) is 0 Å². The van der Waals surface area contributed by atoms with Gasteiger partial charge < -0.3 is 0 Å². The smallest absolute Gasteiger partial charge is 0.0975 e. The van der Waals surface area contributed by atoms with Gasteiger partial charge in [-0.3, -0.25) is 4.90 Å². The molecule has 0 saturated heterocycles. The molecule has 0 heterocycles. The fourth-order valence-electron chi connectivity index (χ4n) is 2.52. The van der Waals surface area contributed by atoms with E-state index in [1.807, 2.05) is 0 Å². The van der Waals surface area contributed by atoms with Crippen LogP contribution in [0.1, 0.15) is 52.9 Å². The van der Waals surface area contributed by atoms with Crippen LogP contribution in [0.5, 0.6) is 0 Å². The zero-order chi connectivity index (χ0) is 11.5. The number of hydrogen-bond donors (Lipinski definition) is 0. The summed E-state index contributed by atoms with van der Waals surface area (Å²) in [6, 6.07) is 3.13. The molecule has 0 aromatic heterocycles. The number of rotatable bonds is 3. The lowest BCUT2D eigenvalue weighted by Crippen LogP contribution is -2.42. The van der Waals surface area contributed by atoms with E-state index in [9.17, 15) is 0 Å². The highest BCUT2D eigenvalue weighted by Crippen LogP contribution is 2.37. The van der Waals surface area contributed by atoms with Crippen molar-refractivity contribution in [2.75, 3.05) is 7.05 Å². The van der Waals surface area contributed by atoms with Crippen LogP contribution in [0.2, 0.25) is 0 Å². The summed E-state index contributed by atoms with van der Waals surface area (Å²) in [7, 11) is 2.11. The highest BCUT2D eigenvalue weighted by atomic mass is 15.2. The molecule has 0 bridgehead atoms. The van der Waals surface area contributed by atoms with E-state index < -0.39 is 0 Å². The fourth-order valence-corrected chi connectivity index (χ4v) is 2.52. The van der Waals surface area contributed by atoms with Crippen molar-refractivity contribution in [1.82, 2.24) is 4.90 Å². The molecule has 1 aliphatic rings. The van der Waals surface area contributed by atoms with Crippen molar-refractivity contribution in [1.29, 1.82) is 5.26 Å². The van der Waals surface area contributed by atoms with Gasteiger partial charge in [0.2, 0.25) is 0 Å². The lowest BCUT2D eigenvalue weighted by Gasteiger charge is -2.40. The average Bonchev–Trinajstić information content (AvgIpc) is 2.19. The molecule has 1 saturated carbocycles. The van der Waals surface area contributed by atoms with E-state index in [-0.39, 0.29) is 6.04 Å². The van der Waals surface area contributed by atoms with E-state index in [0.717, 1.165) is 6.42 Å². The first kappa shape index (κ1) is 12.5. The van der Waals surface area contributed by atoms with Crippen LogP contribution in [0.15, 0.2) is 0 Å². The Hall–Kier alpha value is -0.550. The summed E-state index contributed by atoms with van der Waals surface area (Å²) < 4.78 is 0. The molecule has 0 aliphatic heterocycles. The quantitative estimate of drug-likeness (QED) is 0.712. The van der Waals surface area contributed by atoms with E-state index in [2.05, 4.69) is 38.8 Å². The van der Waals surface area contributed by atoms with Crippen LogP contribution in [-0.4, -0.2) is 24.0 Å². The van der Waals surface area contributed by atoms with E-state index in [4.69, 9.17) is 5.26 Å². The van der Waals surface area contributed by atoms with Crippen LogP contribution in [0.3, 0.4) is 0 Å². The van der Waals surface area contributed by atoms with Crippen LogP contribution in [0, 0.1) is 16.7 Å². The number of hydrogen-bond acceptors (Lipinski definition) is 2. The largest absolute Gasteiger partial charge is 0.288 e. The van der Waals surface area contributed by atoms with Gasteiger partial charge in [0.15, 0.2) is 0 Å². The molecule has 1 rings (SSSR count). The third-order valence-corrected chi connectivity index (χ3v) is 3.91. The van der Waals surface area contributed by atoms with Gasteiger partial charge >= 0.3 is 0 Å². The summed E-state index contributed by atoms with van der Waals surface area (Å²) in [5, 5.41) is 9.04. The van der Waals surface area contributed by atoms with Gasteiger partial charge in [-0.25, -0.2) is 0 Å². The Labute approximate surface area is 94.3 Å². The predicted octanol–water partition coefficient (Wildman–Crippen LogP) is 3.19. The summed E-state index contributed by atoms with van der Waals surface area (Å²) in [6.07, 6.45) is 6.03. The maximum Gasteiger partial charge on any atom is 0.0975 e. The average molecular weight is 208 g/mol. The van der Waals surface area contributed by atoms with Crippen molar-refractivity contribution < 1.29 is 0 Å². The Morgan fingerprint density at radius 3 is 2.33 bits per heavy atom. The first-order valence-corrected chi connectivity index (χ1v) is 6.11. The highest BCUT2D eigenvalue weighted by Gasteiger charge is 2.30. The Morgan fingerprint density at radius 2 is 1.93 bits per heavy atom. The van der Waals surface area contributed by atoms with Gasteiger partial charge in [0.1, 0.15) is 0 Å². The Morgan fingerprint density at radius 1 is 1.40 bits per heavy atom. The molecule has 0 N–H and O–H groups in total. The second kappa shape index (κ2) is 4.99. The molecule has 0 aromatic carbocycles. The molecule has 0 aromatic rings. The monoisotopic (exact) mass is 208 g/mol. The number of nitriles is 1. The number of nitrogens with zero attached hydrogens (tertiary/aromatic N) is 2. The lowest BCUT2D eigenvalue weighted by atomic mass is 9.75. The van der Waals surface area contributed by atoms with Crippen molar-refractivity contribution in [3.05, 3.63) is 0 Å². The third-order valence-electron chi connectivity index (χ3n) is 3.91. The Balaban J connectivity index is 2.50. The van der Waals surface area contributed by atoms with Gasteiger partial charge in [-0.1, -0.05) is 20.8 Å². The molecule has 0 spiro atoms. The van der Waals surface area contributed by atoms with Crippen LogP contribution >= 0.6 is 0 Å². The molecule has 2 heteroatoms. The maximum atomic E-state index is 9.04. The summed E-state index contributed by atoms with van der Waals surface area (Å²) in [6.45, 7) is 6.80. The Kier molecular flexibility index (Phi) is 4.16. The summed E-state index contributed by atoms with van der Waals surface area (Å²) in [5.41, 5.74) is 0.520. The zero-order valence-electron chi connectivity index (χ0n) is 10.6. The molecule has 2 nitrogen and oxygen atoms in total. The molecule has 0 radical (unpaired) electrons. The van der Waals surface area contributed by atoms with Gasteiger partial charge in [-0.15, -0.1) is 0 Å². The van der Waals surface area contributed by atoms with Gasteiger partial charge in [-0.05, 0) is 44.6 Å². The topological polar surface area (TPSA) is 27.0 Å². The molecule has 1 atom stereocenters. The van der Waals surface area contributed by atoms with Crippen molar-refractivity contribution in [2.45, 2.75) is 65.0 Å². The van der Waals surface area contributed by atoms with E-state index >= 15 is 0 Å². The maximum absolute atomic E-state index is 9.04. The normalized spacial score (nSPS) is 23.7. The molecule has 86 valence electrons. The molecular formula is C13H24N2. The summed E-state index contributed by atoms with van der Waals surface area (Å²) in [4.78, 5) is 2.29. The fraction of sp³-hybridized carbons (Fsp3) is 0.923. The van der Waals surface area contributed by atoms with Crippen LogP contribution in [0.4, 0.5) is 0 Å². The predicted molar refractivity (Wildman–Crippen MR) is 63.5 cm³/mol. The second-order valence-electron chi connectivity index (χ2n) is 5.61. The van der Waals surface area contributed by atoms with E-state index in [1.54, 1.807) is 0 Å². The molecular weight excluding hydrogens is 184 g/mol. The van der Waals surface area contributed by atoms with E-state index in [0.29, 0.717) is 11.5 Å². The van der Waals surface area contributed by atoms with Gasteiger partial charge in [0.25, 0.3) is 0 Å². The first-order valence-electron chi connectivity index (χ1n) is 6.11. The van der Waals surface area contributed by atoms with Gasteiger partial charge in [0, 0.05) is 6.04 Å². The molecule has 1 aliphatic carbocycles. The minimum atomic E-state index is 0.108. The third kappa shape index (κ3) is 3.21. The summed E-state index contributed by atoms with van der Waals surface area (Å²) in [5.74, 6) is 0. The second-order valence-corrected chi connectivity index (χ2v) is 5.61. The molecule has 1 fully saturated rings. The minimum absolute atomic E-state index is 0.108. The SMILES string of the molecule is CCC(C#N)N(C)C1CCC(C)(C)CC1. The summed E-state index contributed by atoms with van der Waals surface area (Å²) >= 11 is 0. The first-order chi connectivity index (χ1) is 7.00. The van der Waals surface area contributed by atoms with Crippen LogP contribution in [-0.2, 0) is 0 Å². The van der Waals surface area contributed by atoms with Crippen molar-refractivity contribution in [3.8, 4) is 6.07 Å². The van der Waals surface area contributed by atoms with Gasteiger partial charge in [0.05, 0.1) is 12.1 Å². The van der Waals surface area contributed by atoms with Crippen molar-refractivity contribution >= 4 is 0 Å². The zero-order valence-corrected chi connectivity index (χ0v) is 10.6. The van der Waals surface area contributed by atoms with Crippen molar-refractivity contribution in [3.63, 3.8) is 0 Å². The molecule has 15 heavy (non-hydrogen) atoms.